The first kappa shape index (κ1) is 16.7. The van der Waals surface area contributed by atoms with Crippen LogP contribution in [0.25, 0.3) is 10.4 Å². The average Bonchev–Trinajstić information content (AvgIpc) is 2.95. The second-order valence-corrected chi connectivity index (χ2v) is 7.28. The molecule has 2 heterocycles. The number of nitrogens with one attached hydrogen (secondary N) is 1. The molecule has 0 radical (unpaired) electrons. The molecule has 3 rings (SSSR count). The van der Waals surface area contributed by atoms with E-state index in [0.717, 1.165) is 28.4 Å². The highest BCUT2D eigenvalue weighted by Gasteiger charge is 2.14. The van der Waals surface area contributed by atoms with Crippen LogP contribution in [0.3, 0.4) is 0 Å². The van der Waals surface area contributed by atoms with Gasteiger partial charge in [-0.1, -0.05) is 23.2 Å². The van der Waals surface area contributed by atoms with Gasteiger partial charge in [0.05, 0.1) is 19.6 Å². The number of halogens is 2. The first-order valence-corrected chi connectivity index (χ1v) is 8.85. The number of carbonyl (C=O) groups is 1. The van der Waals surface area contributed by atoms with Crippen molar-refractivity contribution in [3.8, 4) is 10.4 Å². The van der Waals surface area contributed by atoms with Crippen molar-refractivity contribution in [2.45, 2.75) is 6.42 Å². The Morgan fingerprint density at radius 2 is 1.87 bits per heavy atom. The summed E-state index contributed by atoms with van der Waals surface area (Å²) < 4.78 is 5.26. The third kappa shape index (κ3) is 4.68. The molecule has 0 unspecified atom stereocenters. The molecule has 0 saturated carbocycles. The standard InChI is InChI=1S/C16H16Cl2N2O2S/c17-12-7-11(8-13(18)9-12)15-2-1-14(23-15)10-16(21)19-20-3-5-22-6-4-20/h1-2,7-9H,3-6,10H2,(H,19,21). The van der Waals surface area contributed by atoms with E-state index in [-0.39, 0.29) is 5.91 Å². The van der Waals surface area contributed by atoms with Gasteiger partial charge in [0, 0.05) is 32.9 Å². The lowest BCUT2D eigenvalue weighted by Crippen LogP contribution is -2.48. The number of ether oxygens (including phenoxy) is 1. The van der Waals surface area contributed by atoms with E-state index < -0.39 is 0 Å². The number of rotatable bonds is 4. The summed E-state index contributed by atoms with van der Waals surface area (Å²) in [5.41, 5.74) is 3.88. The van der Waals surface area contributed by atoms with E-state index >= 15 is 0 Å². The Kier molecular flexibility index (Phi) is 5.56. The van der Waals surface area contributed by atoms with Gasteiger partial charge in [-0.15, -0.1) is 11.3 Å². The summed E-state index contributed by atoms with van der Waals surface area (Å²) in [6.07, 6.45) is 0.357. The molecule has 1 N–H and O–H groups in total. The fourth-order valence-electron chi connectivity index (χ4n) is 2.37. The predicted molar refractivity (Wildman–Crippen MR) is 94.0 cm³/mol. The van der Waals surface area contributed by atoms with Crippen LogP contribution in [-0.2, 0) is 16.0 Å². The van der Waals surface area contributed by atoms with Crippen LogP contribution in [0.15, 0.2) is 30.3 Å². The molecule has 0 aliphatic carbocycles. The van der Waals surface area contributed by atoms with E-state index in [0.29, 0.717) is 29.7 Å². The largest absolute Gasteiger partial charge is 0.379 e. The molecule has 0 bridgehead atoms. The van der Waals surface area contributed by atoms with Crippen LogP contribution >= 0.6 is 34.5 Å². The van der Waals surface area contributed by atoms with Gasteiger partial charge < -0.3 is 4.74 Å². The van der Waals surface area contributed by atoms with E-state index in [1.807, 2.05) is 29.3 Å². The van der Waals surface area contributed by atoms with Crippen LogP contribution in [0.2, 0.25) is 10.0 Å². The zero-order chi connectivity index (χ0) is 16.2. The normalized spacial score (nSPS) is 15.6. The van der Waals surface area contributed by atoms with E-state index in [1.54, 1.807) is 17.4 Å². The van der Waals surface area contributed by atoms with E-state index in [2.05, 4.69) is 5.43 Å². The van der Waals surface area contributed by atoms with Gasteiger partial charge in [-0.05, 0) is 35.9 Å². The third-order valence-corrected chi connectivity index (χ3v) is 5.01. The number of hydrazine groups is 1. The number of hydrogen-bond donors (Lipinski definition) is 1. The van der Waals surface area contributed by atoms with Crippen molar-refractivity contribution in [3.05, 3.63) is 45.3 Å². The van der Waals surface area contributed by atoms with Gasteiger partial charge in [-0.3, -0.25) is 10.2 Å². The molecular formula is C16H16Cl2N2O2S. The number of carbonyl (C=O) groups excluding carboxylic acids is 1. The average molecular weight is 371 g/mol. The summed E-state index contributed by atoms with van der Waals surface area (Å²) in [6, 6.07) is 9.41. The molecular weight excluding hydrogens is 355 g/mol. The van der Waals surface area contributed by atoms with Crippen molar-refractivity contribution >= 4 is 40.4 Å². The molecule has 1 aromatic carbocycles. The number of hydrogen-bond acceptors (Lipinski definition) is 4. The highest BCUT2D eigenvalue weighted by atomic mass is 35.5. The minimum atomic E-state index is -0.00979. The zero-order valence-electron chi connectivity index (χ0n) is 12.4. The topological polar surface area (TPSA) is 41.6 Å². The van der Waals surface area contributed by atoms with Gasteiger partial charge in [0.25, 0.3) is 0 Å². The third-order valence-electron chi connectivity index (χ3n) is 3.44. The Morgan fingerprint density at radius 1 is 1.17 bits per heavy atom. The first-order chi connectivity index (χ1) is 11.1. The molecule has 4 nitrogen and oxygen atoms in total. The molecule has 1 aliphatic heterocycles. The van der Waals surface area contributed by atoms with Gasteiger partial charge in [0.2, 0.25) is 5.91 Å². The number of nitrogens with zero attached hydrogens (tertiary/aromatic N) is 1. The quantitative estimate of drug-likeness (QED) is 0.893. The second kappa shape index (κ2) is 7.64. The van der Waals surface area contributed by atoms with E-state index in [1.165, 1.54) is 0 Å². The molecule has 122 valence electrons. The minimum absolute atomic E-state index is 0.00979. The molecule has 2 aromatic rings. The predicted octanol–water partition coefficient (Wildman–Crippen LogP) is 3.63. The Balaban J connectivity index is 1.63. The number of amides is 1. The van der Waals surface area contributed by atoms with Crippen LogP contribution in [0.5, 0.6) is 0 Å². The Bertz CT molecular complexity index is 679. The molecule has 1 aliphatic rings. The maximum Gasteiger partial charge on any atom is 0.239 e. The van der Waals surface area contributed by atoms with Gasteiger partial charge in [-0.2, -0.15) is 0 Å². The SMILES string of the molecule is O=C(Cc1ccc(-c2cc(Cl)cc(Cl)c2)s1)NN1CCOCC1. The number of benzene rings is 1. The maximum absolute atomic E-state index is 12.1. The van der Waals surface area contributed by atoms with Crippen LogP contribution in [0.4, 0.5) is 0 Å². The summed E-state index contributed by atoms with van der Waals surface area (Å²) in [6.45, 7) is 2.75. The van der Waals surface area contributed by atoms with Crippen molar-refractivity contribution in [1.82, 2.24) is 10.4 Å². The van der Waals surface area contributed by atoms with Crippen molar-refractivity contribution < 1.29 is 9.53 Å². The Hall–Kier alpha value is -1.11. The van der Waals surface area contributed by atoms with E-state index in [9.17, 15) is 4.79 Å². The molecule has 0 atom stereocenters. The summed E-state index contributed by atoms with van der Waals surface area (Å²) >= 11 is 13.7. The van der Waals surface area contributed by atoms with Gasteiger partial charge in [0.15, 0.2) is 0 Å². The Labute approximate surface area is 148 Å². The van der Waals surface area contributed by atoms with Crippen molar-refractivity contribution in [2.24, 2.45) is 0 Å². The van der Waals surface area contributed by atoms with Crippen LogP contribution < -0.4 is 5.43 Å². The molecule has 7 heteroatoms. The van der Waals surface area contributed by atoms with Crippen molar-refractivity contribution in [3.63, 3.8) is 0 Å². The van der Waals surface area contributed by atoms with Crippen molar-refractivity contribution in [2.75, 3.05) is 26.3 Å². The Morgan fingerprint density at radius 3 is 2.57 bits per heavy atom. The minimum Gasteiger partial charge on any atom is -0.379 e. The number of thiophene rings is 1. The molecule has 1 aromatic heterocycles. The van der Waals surface area contributed by atoms with Crippen LogP contribution in [0, 0.1) is 0 Å². The number of morpholine rings is 1. The fourth-order valence-corrected chi connectivity index (χ4v) is 3.89. The lowest BCUT2D eigenvalue weighted by Gasteiger charge is -2.26. The summed E-state index contributed by atoms with van der Waals surface area (Å²) in [5, 5.41) is 3.11. The molecule has 23 heavy (non-hydrogen) atoms. The maximum atomic E-state index is 12.1. The fraction of sp³-hybridized carbons (Fsp3) is 0.312. The lowest BCUT2D eigenvalue weighted by molar-refractivity contribution is -0.127. The lowest BCUT2D eigenvalue weighted by atomic mass is 10.2. The molecule has 1 amide bonds. The smallest absolute Gasteiger partial charge is 0.239 e. The summed E-state index contributed by atoms with van der Waals surface area (Å²) in [5.74, 6) is -0.00979. The second-order valence-electron chi connectivity index (χ2n) is 5.24. The molecule has 0 spiro atoms. The van der Waals surface area contributed by atoms with Crippen LogP contribution in [0.1, 0.15) is 4.88 Å². The highest BCUT2D eigenvalue weighted by molar-refractivity contribution is 7.15. The summed E-state index contributed by atoms with van der Waals surface area (Å²) in [7, 11) is 0. The van der Waals surface area contributed by atoms with Gasteiger partial charge in [-0.25, -0.2) is 5.01 Å². The van der Waals surface area contributed by atoms with E-state index in [4.69, 9.17) is 27.9 Å². The monoisotopic (exact) mass is 370 g/mol. The van der Waals surface area contributed by atoms with Crippen LogP contribution in [-0.4, -0.2) is 37.2 Å². The summed E-state index contributed by atoms with van der Waals surface area (Å²) in [4.78, 5) is 14.2. The zero-order valence-corrected chi connectivity index (χ0v) is 14.7. The van der Waals surface area contributed by atoms with Crippen molar-refractivity contribution in [1.29, 1.82) is 0 Å². The van der Waals surface area contributed by atoms with Gasteiger partial charge in [0.1, 0.15) is 0 Å². The molecule has 1 saturated heterocycles. The highest BCUT2D eigenvalue weighted by Crippen LogP contribution is 2.32. The molecule has 1 fully saturated rings. The van der Waals surface area contributed by atoms with Gasteiger partial charge >= 0.3 is 0 Å². The first-order valence-electron chi connectivity index (χ1n) is 7.27.